The van der Waals surface area contributed by atoms with Gasteiger partial charge in [-0.3, -0.25) is 9.10 Å². The van der Waals surface area contributed by atoms with Crippen molar-refractivity contribution in [2.45, 2.75) is 18.9 Å². The molecule has 2 aromatic rings. The summed E-state index contributed by atoms with van der Waals surface area (Å²) in [5.74, 6) is 0.398. The first kappa shape index (κ1) is 21.1. The first-order chi connectivity index (χ1) is 13.7. The van der Waals surface area contributed by atoms with Crippen LogP contribution in [0.1, 0.15) is 23.2 Å². The van der Waals surface area contributed by atoms with Gasteiger partial charge in [0.25, 0.3) is 5.91 Å². The molecule has 29 heavy (non-hydrogen) atoms. The summed E-state index contributed by atoms with van der Waals surface area (Å²) in [6.45, 7) is 2.06. The second-order valence-corrected chi connectivity index (χ2v) is 9.36. The lowest BCUT2D eigenvalue weighted by Crippen LogP contribution is -2.35. The summed E-state index contributed by atoms with van der Waals surface area (Å²) < 4.78 is 30.8. The lowest BCUT2D eigenvalue weighted by atomic mass is 10.1. The van der Waals surface area contributed by atoms with Crippen LogP contribution in [0.3, 0.4) is 0 Å². The van der Waals surface area contributed by atoms with E-state index in [9.17, 15) is 13.2 Å². The highest BCUT2D eigenvalue weighted by Crippen LogP contribution is 2.24. The molecule has 0 bridgehead atoms. The predicted molar refractivity (Wildman–Crippen MR) is 115 cm³/mol. The zero-order chi connectivity index (χ0) is 21.0. The van der Waals surface area contributed by atoms with E-state index in [-0.39, 0.29) is 17.6 Å². The number of amides is 1. The summed E-state index contributed by atoms with van der Waals surface area (Å²) >= 11 is 0. The van der Waals surface area contributed by atoms with Gasteiger partial charge in [-0.05, 0) is 56.3 Å². The molecule has 0 unspecified atom stereocenters. The van der Waals surface area contributed by atoms with Gasteiger partial charge in [0.1, 0.15) is 11.9 Å². The standard InChI is InChI=1S/C21H27N3O4S/c1-23-14-12-18(13-15-23)28-17-10-8-16(9-11-17)22-21(25)19-6-4-5-7-20(19)24(2)29(3,26)27/h4-11,18H,12-15H2,1-3H3,(H,22,25). The molecule has 0 aliphatic carbocycles. The maximum Gasteiger partial charge on any atom is 0.257 e. The third-order valence-electron chi connectivity index (χ3n) is 5.07. The molecule has 8 heteroatoms. The number of sulfonamides is 1. The molecule has 7 nitrogen and oxygen atoms in total. The van der Waals surface area contributed by atoms with Crippen molar-refractivity contribution in [3.05, 3.63) is 54.1 Å². The van der Waals surface area contributed by atoms with Crippen molar-refractivity contribution in [2.75, 3.05) is 43.1 Å². The Kier molecular flexibility index (Phi) is 6.44. The fourth-order valence-corrected chi connectivity index (χ4v) is 3.75. The molecule has 0 saturated carbocycles. The summed E-state index contributed by atoms with van der Waals surface area (Å²) in [5, 5.41) is 2.82. The third kappa shape index (κ3) is 5.48. The van der Waals surface area contributed by atoms with E-state index in [2.05, 4.69) is 17.3 Å². The molecule has 1 heterocycles. The van der Waals surface area contributed by atoms with E-state index < -0.39 is 10.0 Å². The number of carbonyl (C=O) groups is 1. The SMILES string of the molecule is CN1CCC(Oc2ccc(NC(=O)c3ccccc3N(C)S(C)(=O)=O)cc2)CC1. The van der Waals surface area contributed by atoms with E-state index in [0.717, 1.165) is 42.2 Å². The van der Waals surface area contributed by atoms with Crippen LogP contribution in [0.2, 0.25) is 0 Å². The number of likely N-dealkylation sites (tertiary alicyclic amines) is 1. The molecule has 2 aromatic carbocycles. The average Bonchev–Trinajstić information content (AvgIpc) is 2.70. The molecule has 1 saturated heterocycles. The van der Waals surface area contributed by atoms with E-state index in [1.54, 1.807) is 36.4 Å². The zero-order valence-corrected chi connectivity index (χ0v) is 17.8. The number of ether oxygens (including phenoxy) is 1. The van der Waals surface area contributed by atoms with Crippen LogP contribution < -0.4 is 14.4 Å². The van der Waals surface area contributed by atoms with Crippen LogP contribution >= 0.6 is 0 Å². The Morgan fingerprint density at radius 1 is 1.10 bits per heavy atom. The van der Waals surface area contributed by atoms with E-state index in [1.165, 1.54) is 7.05 Å². The summed E-state index contributed by atoms with van der Waals surface area (Å²) in [6, 6.07) is 13.8. The van der Waals surface area contributed by atoms with E-state index >= 15 is 0 Å². The summed E-state index contributed by atoms with van der Waals surface area (Å²) in [7, 11) is 0.0636. The van der Waals surface area contributed by atoms with Crippen LogP contribution in [0.4, 0.5) is 11.4 Å². The smallest absolute Gasteiger partial charge is 0.257 e. The second-order valence-electron chi connectivity index (χ2n) is 7.35. The molecule has 3 rings (SSSR count). The summed E-state index contributed by atoms with van der Waals surface area (Å²) in [5.41, 5.74) is 1.23. The topological polar surface area (TPSA) is 79.0 Å². The maximum atomic E-state index is 12.7. The predicted octanol–water partition coefficient (Wildman–Crippen LogP) is 2.81. The number of hydrogen-bond donors (Lipinski definition) is 1. The van der Waals surface area contributed by atoms with Crippen molar-refractivity contribution in [1.29, 1.82) is 0 Å². The maximum absolute atomic E-state index is 12.7. The number of nitrogens with zero attached hydrogens (tertiary/aromatic N) is 2. The number of rotatable bonds is 6. The van der Waals surface area contributed by atoms with Crippen molar-refractivity contribution in [2.24, 2.45) is 0 Å². The minimum Gasteiger partial charge on any atom is -0.490 e. The quantitative estimate of drug-likeness (QED) is 0.782. The van der Waals surface area contributed by atoms with Crippen LogP contribution in [0.25, 0.3) is 0 Å². The third-order valence-corrected chi connectivity index (χ3v) is 6.26. The highest BCUT2D eigenvalue weighted by molar-refractivity contribution is 7.92. The zero-order valence-electron chi connectivity index (χ0n) is 17.0. The van der Waals surface area contributed by atoms with Gasteiger partial charge in [-0.15, -0.1) is 0 Å². The van der Waals surface area contributed by atoms with Gasteiger partial charge in [0.15, 0.2) is 0 Å². The van der Waals surface area contributed by atoms with Gasteiger partial charge >= 0.3 is 0 Å². The molecule has 1 aliphatic heterocycles. The lowest BCUT2D eigenvalue weighted by molar-refractivity contribution is 0.102. The minimum atomic E-state index is -3.47. The Morgan fingerprint density at radius 2 is 1.72 bits per heavy atom. The normalized spacial score (nSPS) is 15.7. The first-order valence-electron chi connectivity index (χ1n) is 9.53. The van der Waals surface area contributed by atoms with E-state index in [0.29, 0.717) is 11.4 Å². The van der Waals surface area contributed by atoms with Crippen molar-refractivity contribution in [3.8, 4) is 5.75 Å². The van der Waals surface area contributed by atoms with E-state index in [1.807, 2.05) is 12.1 Å². The number of nitrogens with one attached hydrogen (secondary N) is 1. The fraction of sp³-hybridized carbons (Fsp3) is 0.381. The van der Waals surface area contributed by atoms with Gasteiger partial charge < -0.3 is 15.0 Å². The van der Waals surface area contributed by atoms with Crippen LogP contribution in [0, 0.1) is 0 Å². The molecule has 1 N–H and O–H groups in total. The van der Waals surface area contributed by atoms with Gasteiger partial charge in [0, 0.05) is 25.8 Å². The molecular weight excluding hydrogens is 390 g/mol. The van der Waals surface area contributed by atoms with Crippen molar-refractivity contribution in [1.82, 2.24) is 4.90 Å². The van der Waals surface area contributed by atoms with Crippen molar-refractivity contribution < 1.29 is 17.9 Å². The van der Waals surface area contributed by atoms with Crippen LogP contribution in [0.5, 0.6) is 5.75 Å². The number of anilines is 2. The largest absolute Gasteiger partial charge is 0.490 e. The molecule has 1 fully saturated rings. The van der Waals surface area contributed by atoms with E-state index in [4.69, 9.17) is 4.74 Å². The van der Waals surface area contributed by atoms with Gasteiger partial charge in [-0.2, -0.15) is 0 Å². The molecule has 156 valence electrons. The Balaban J connectivity index is 1.67. The first-order valence-corrected chi connectivity index (χ1v) is 11.4. The molecule has 0 radical (unpaired) electrons. The Labute approximate surface area is 172 Å². The second kappa shape index (κ2) is 8.84. The number of carbonyl (C=O) groups excluding carboxylic acids is 1. The number of benzene rings is 2. The summed E-state index contributed by atoms with van der Waals surface area (Å²) in [4.78, 5) is 15.0. The number of para-hydroxylation sites is 1. The molecule has 1 amide bonds. The molecule has 0 spiro atoms. The van der Waals surface area contributed by atoms with Crippen LogP contribution in [-0.2, 0) is 10.0 Å². The summed E-state index contributed by atoms with van der Waals surface area (Å²) in [6.07, 6.45) is 3.31. The van der Waals surface area contributed by atoms with Gasteiger partial charge in [-0.25, -0.2) is 8.42 Å². The number of piperidine rings is 1. The molecule has 0 aromatic heterocycles. The Morgan fingerprint density at radius 3 is 2.34 bits per heavy atom. The van der Waals surface area contributed by atoms with Crippen LogP contribution in [-0.4, -0.2) is 58.8 Å². The average molecular weight is 418 g/mol. The van der Waals surface area contributed by atoms with Gasteiger partial charge in [0.05, 0.1) is 17.5 Å². The van der Waals surface area contributed by atoms with Crippen molar-refractivity contribution in [3.63, 3.8) is 0 Å². The monoisotopic (exact) mass is 417 g/mol. The minimum absolute atomic E-state index is 0.213. The van der Waals surface area contributed by atoms with Crippen molar-refractivity contribution >= 4 is 27.3 Å². The van der Waals surface area contributed by atoms with Crippen LogP contribution in [0.15, 0.2) is 48.5 Å². The van der Waals surface area contributed by atoms with Gasteiger partial charge in [0.2, 0.25) is 10.0 Å². The molecular formula is C21H27N3O4S. The molecule has 0 atom stereocenters. The lowest BCUT2D eigenvalue weighted by Gasteiger charge is -2.29. The molecule has 1 aliphatic rings. The van der Waals surface area contributed by atoms with Gasteiger partial charge in [-0.1, -0.05) is 12.1 Å². The number of hydrogen-bond acceptors (Lipinski definition) is 5. The Bertz CT molecular complexity index is 952. The Hall–Kier alpha value is -2.58. The highest BCUT2D eigenvalue weighted by atomic mass is 32.2. The fourth-order valence-electron chi connectivity index (χ4n) is 3.23. The highest BCUT2D eigenvalue weighted by Gasteiger charge is 2.20.